The van der Waals surface area contributed by atoms with Gasteiger partial charge in [-0.3, -0.25) is 0 Å². The third-order valence-electron chi connectivity index (χ3n) is 2.64. The Kier molecular flexibility index (Phi) is 4.36. The Morgan fingerprint density at radius 1 is 1.38 bits per heavy atom. The van der Waals surface area contributed by atoms with E-state index in [2.05, 4.69) is 21.0 Å². The highest BCUT2D eigenvalue weighted by Gasteiger charge is 2.34. The maximum Gasteiger partial charge on any atom is 0.418 e. The number of carbonyl (C=O) groups excluding carboxylic acids is 1. The minimum Gasteiger partial charge on any atom is -0.462 e. The number of hydrogen-bond donors (Lipinski definition) is 0. The van der Waals surface area contributed by atoms with E-state index >= 15 is 0 Å². The average Bonchev–Trinajstić information content (AvgIpc) is 2.80. The van der Waals surface area contributed by atoms with Crippen molar-refractivity contribution in [2.24, 2.45) is 0 Å². The van der Waals surface area contributed by atoms with Gasteiger partial charge in [-0.1, -0.05) is 12.1 Å². The monoisotopic (exact) mass is 362 g/mol. The van der Waals surface area contributed by atoms with E-state index in [0.717, 1.165) is 16.9 Å². The minimum atomic E-state index is -4.52. The molecule has 8 heteroatoms. The molecular weight excluding hydrogens is 353 g/mol. The molecule has 0 atom stereocenters. The summed E-state index contributed by atoms with van der Waals surface area (Å²) in [7, 11) is 0. The number of aromatic nitrogens is 2. The van der Waals surface area contributed by atoms with E-state index in [9.17, 15) is 18.0 Å². The van der Waals surface area contributed by atoms with Gasteiger partial charge in [0.2, 0.25) is 0 Å². The van der Waals surface area contributed by atoms with Crippen LogP contribution in [0.1, 0.15) is 22.8 Å². The predicted octanol–water partition coefficient (Wildman–Crippen LogP) is 3.83. The molecule has 1 heterocycles. The van der Waals surface area contributed by atoms with Crippen LogP contribution in [0, 0.1) is 0 Å². The molecule has 0 unspecified atom stereocenters. The van der Waals surface area contributed by atoms with E-state index in [1.165, 1.54) is 18.2 Å². The van der Waals surface area contributed by atoms with Crippen LogP contribution in [0.25, 0.3) is 5.69 Å². The Balaban J connectivity index is 2.52. The molecule has 0 fully saturated rings. The normalized spacial score (nSPS) is 11.5. The highest BCUT2D eigenvalue weighted by Crippen LogP contribution is 2.35. The standard InChI is InChI=1S/C13H10BrF3N2O2/c1-2-21-12(20)8-7-18-19(11(8)14)10-6-4-3-5-9(10)13(15,16)17/h3-7H,2H2,1H3. The molecule has 1 aromatic carbocycles. The maximum absolute atomic E-state index is 13.0. The molecule has 0 N–H and O–H groups in total. The first kappa shape index (κ1) is 15.6. The molecule has 0 radical (unpaired) electrons. The number of para-hydroxylation sites is 1. The number of halogens is 4. The van der Waals surface area contributed by atoms with E-state index in [-0.39, 0.29) is 22.5 Å². The largest absolute Gasteiger partial charge is 0.462 e. The Bertz CT molecular complexity index is 668. The van der Waals surface area contributed by atoms with Gasteiger partial charge in [-0.2, -0.15) is 18.3 Å². The van der Waals surface area contributed by atoms with E-state index in [1.54, 1.807) is 6.92 Å². The fraction of sp³-hybridized carbons (Fsp3) is 0.231. The summed E-state index contributed by atoms with van der Waals surface area (Å²) in [5.41, 5.74) is -0.953. The van der Waals surface area contributed by atoms with Gasteiger partial charge in [0, 0.05) is 0 Å². The molecule has 2 aromatic rings. The number of esters is 1. The fourth-order valence-electron chi connectivity index (χ4n) is 1.75. The topological polar surface area (TPSA) is 44.1 Å². The third kappa shape index (κ3) is 3.10. The van der Waals surface area contributed by atoms with Gasteiger partial charge in [-0.25, -0.2) is 9.48 Å². The summed E-state index contributed by atoms with van der Waals surface area (Å²) in [5.74, 6) is -0.653. The van der Waals surface area contributed by atoms with Gasteiger partial charge in [0.15, 0.2) is 0 Å². The third-order valence-corrected chi connectivity index (χ3v) is 3.41. The van der Waals surface area contributed by atoms with Crippen LogP contribution in [-0.2, 0) is 10.9 Å². The van der Waals surface area contributed by atoms with Crippen LogP contribution in [0.5, 0.6) is 0 Å². The van der Waals surface area contributed by atoms with Crippen molar-refractivity contribution in [2.75, 3.05) is 6.61 Å². The molecule has 0 saturated heterocycles. The second-order valence-electron chi connectivity index (χ2n) is 4.00. The molecule has 0 spiro atoms. The summed E-state index contributed by atoms with van der Waals surface area (Å²) in [6, 6.07) is 4.97. The Hall–Kier alpha value is -1.83. The van der Waals surface area contributed by atoms with Gasteiger partial charge in [0.25, 0.3) is 0 Å². The molecule has 2 rings (SSSR count). The summed E-state index contributed by atoms with van der Waals surface area (Å²) < 4.78 is 44.9. The first-order chi connectivity index (χ1) is 9.86. The Morgan fingerprint density at radius 3 is 2.67 bits per heavy atom. The summed E-state index contributed by atoms with van der Waals surface area (Å²) >= 11 is 3.09. The zero-order chi connectivity index (χ0) is 15.6. The number of ether oxygens (including phenoxy) is 1. The lowest BCUT2D eigenvalue weighted by atomic mass is 10.1. The zero-order valence-electron chi connectivity index (χ0n) is 10.8. The zero-order valence-corrected chi connectivity index (χ0v) is 12.4. The number of benzene rings is 1. The first-order valence-electron chi connectivity index (χ1n) is 5.93. The molecule has 0 aliphatic heterocycles. The van der Waals surface area contributed by atoms with Crippen molar-refractivity contribution >= 4 is 21.9 Å². The van der Waals surface area contributed by atoms with Crippen molar-refractivity contribution in [3.63, 3.8) is 0 Å². The quantitative estimate of drug-likeness (QED) is 0.779. The van der Waals surface area contributed by atoms with Gasteiger partial charge < -0.3 is 4.74 Å². The highest BCUT2D eigenvalue weighted by atomic mass is 79.9. The second-order valence-corrected chi connectivity index (χ2v) is 4.75. The molecule has 0 amide bonds. The minimum absolute atomic E-state index is 0.0637. The molecule has 21 heavy (non-hydrogen) atoms. The van der Waals surface area contributed by atoms with Gasteiger partial charge >= 0.3 is 12.1 Å². The van der Waals surface area contributed by atoms with Crippen LogP contribution in [0.4, 0.5) is 13.2 Å². The molecule has 0 bridgehead atoms. The lowest BCUT2D eigenvalue weighted by Gasteiger charge is -2.13. The summed E-state index contributed by atoms with van der Waals surface area (Å²) in [6.45, 7) is 1.80. The van der Waals surface area contributed by atoms with Gasteiger partial charge in [0.05, 0.1) is 24.1 Å². The fourth-order valence-corrected chi connectivity index (χ4v) is 2.29. The van der Waals surface area contributed by atoms with Crippen molar-refractivity contribution in [1.82, 2.24) is 9.78 Å². The summed E-state index contributed by atoms with van der Waals surface area (Å²) in [5, 5.41) is 3.83. The van der Waals surface area contributed by atoms with E-state index < -0.39 is 17.7 Å². The van der Waals surface area contributed by atoms with Gasteiger partial charge in [0.1, 0.15) is 10.2 Å². The molecule has 1 aromatic heterocycles. The predicted molar refractivity (Wildman–Crippen MR) is 72.2 cm³/mol. The van der Waals surface area contributed by atoms with Crippen LogP contribution >= 0.6 is 15.9 Å². The first-order valence-corrected chi connectivity index (χ1v) is 6.72. The van der Waals surface area contributed by atoms with Crippen molar-refractivity contribution < 1.29 is 22.7 Å². The lowest BCUT2D eigenvalue weighted by Crippen LogP contribution is -2.12. The Labute approximate surface area is 126 Å². The Morgan fingerprint density at radius 2 is 2.05 bits per heavy atom. The smallest absolute Gasteiger partial charge is 0.418 e. The molecule has 112 valence electrons. The van der Waals surface area contributed by atoms with Crippen LogP contribution in [0.2, 0.25) is 0 Å². The number of nitrogens with zero attached hydrogens (tertiary/aromatic N) is 2. The van der Waals surface area contributed by atoms with E-state index in [1.807, 2.05) is 0 Å². The molecule has 4 nitrogen and oxygen atoms in total. The number of carbonyl (C=O) groups is 1. The van der Waals surface area contributed by atoms with Crippen LogP contribution < -0.4 is 0 Å². The molecule has 0 saturated carbocycles. The maximum atomic E-state index is 13.0. The van der Waals surface area contributed by atoms with Crippen molar-refractivity contribution in [2.45, 2.75) is 13.1 Å². The van der Waals surface area contributed by atoms with E-state index in [4.69, 9.17) is 4.74 Å². The van der Waals surface area contributed by atoms with Crippen LogP contribution in [0.3, 0.4) is 0 Å². The van der Waals surface area contributed by atoms with Crippen LogP contribution in [-0.4, -0.2) is 22.4 Å². The van der Waals surface area contributed by atoms with Crippen LogP contribution in [0.15, 0.2) is 35.1 Å². The number of hydrogen-bond acceptors (Lipinski definition) is 3. The van der Waals surface area contributed by atoms with Crippen molar-refractivity contribution in [3.05, 3.63) is 46.2 Å². The average molecular weight is 363 g/mol. The highest BCUT2D eigenvalue weighted by molar-refractivity contribution is 9.10. The van der Waals surface area contributed by atoms with E-state index in [0.29, 0.717) is 0 Å². The summed E-state index contributed by atoms with van der Waals surface area (Å²) in [6.07, 6.45) is -3.36. The van der Waals surface area contributed by atoms with Crippen molar-refractivity contribution in [3.8, 4) is 5.69 Å². The number of alkyl halides is 3. The van der Waals surface area contributed by atoms with Gasteiger partial charge in [-0.05, 0) is 35.0 Å². The summed E-state index contributed by atoms with van der Waals surface area (Å²) in [4.78, 5) is 11.7. The SMILES string of the molecule is CCOC(=O)c1cnn(-c2ccccc2C(F)(F)F)c1Br. The molecular formula is C13H10BrF3N2O2. The van der Waals surface area contributed by atoms with Gasteiger partial charge in [-0.15, -0.1) is 0 Å². The van der Waals surface area contributed by atoms with Crippen molar-refractivity contribution in [1.29, 1.82) is 0 Å². The number of rotatable bonds is 3. The molecule has 0 aliphatic carbocycles. The second kappa shape index (κ2) is 5.88. The molecule has 0 aliphatic rings. The lowest BCUT2D eigenvalue weighted by molar-refractivity contribution is -0.137.